The fourth-order valence-electron chi connectivity index (χ4n) is 11.2. The van der Waals surface area contributed by atoms with Crippen LogP contribution < -0.4 is 0 Å². The summed E-state index contributed by atoms with van der Waals surface area (Å²) in [6.45, 7) is 6.71. The molecule has 0 amide bonds. The van der Waals surface area contributed by atoms with Gasteiger partial charge in [0.25, 0.3) is 0 Å². The van der Waals surface area contributed by atoms with Crippen LogP contribution in [0.15, 0.2) is 36.5 Å². The third-order valence-corrected chi connectivity index (χ3v) is 16.6. The number of carbonyl (C=O) groups excluding carboxylic acids is 3. The molecule has 0 aromatic carbocycles. The molecule has 1 unspecified atom stereocenters. The molecule has 0 radical (unpaired) electrons. The van der Waals surface area contributed by atoms with E-state index in [1.54, 1.807) is 0 Å². The van der Waals surface area contributed by atoms with E-state index < -0.39 is 6.10 Å². The number of esters is 3. The molecule has 0 fully saturated rings. The van der Waals surface area contributed by atoms with Crippen LogP contribution in [-0.2, 0) is 28.6 Å². The highest BCUT2D eigenvalue weighted by Gasteiger charge is 2.19. The van der Waals surface area contributed by atoms with Gasteiger partial charge in [-0.15, -0.1) is 0 Å². The minimum absolute atomic E-state index is 0.0657. The predicted octanol–water partition coefficient (Wildman–Crippen LogP) is 25.1. The monoisotopic (exact) mass is 1140 g/mol. The second-order valence-corrected chi connectivity index (χ2v) is 24.9. The van der Waals surface area contributed by atoms with E-state index in [2.05, 4.69) is 57.2 Å². The van der Waals surface area contributed by atoms with Crippen LogP contribution in [0.3, 0.4) is 0 Å². The van der Waals surface area contributed by atoms with Crippen molar-refractivity contribution in [3.05, 3.63) is 36.5 Å². The Morgan fingerprint density at radius 3 is 0.691 bits per heavy atom. The highest BCUT2D eigenvalue weighted by atomic mass is 16.6. The number of unbranched alkanes of at least 4 members (excludes halogenated alkanes) is 51. The van der Waals surface area contributed by atoms with Crippen molar-refractivity contribution < 1.29 is 28.6 Å². The molecule has 476 valence electrons. The Kier molecular flexibility index (Phi) is 68.1. The van der Waals surface area contributed by atoms with Crippen LogP contribution >= 0.6 is 0 Å². The van der Waals surface area contributed by atoms with E-state index in [0.717, 1.165) is 70.6 Å². The topological polar surface area (TPSA) is 78.9 Å². The summed E-state index contributed by atoms with van der Waals surface area (Å²) in [5.41, 5.74) is 0. The van der Waals surface area contributed by atoms with Gasteiger partial charge in [0.2, 0.25) is 0 Å². The first kappa shape index (κ1) is 78.6. The van der Waals surface area contributed by atoms with E-state index in [9.17, 15) is 14.4 Å². The average Bonchev–Trinajstić information content (AvgIpc) is 3.47. The van der Waals surface area contributed by atoms with Crippen molar-refractivity contribution in [1.82, 2.24) is 0 Å². The van der Waals surface area contributed by atoms with Crippen LogP contribution in [0.25, 0.3) is 0 Å². The molecule has 0 heterocycles. The highest BCUT2D eigenvalue weighted by Crippen LogP contribution is 2.19. The molecule has 6 nitrogen and oxygen atoms in total. The average molecular weight is 1140 g/mol. The highest BCUT2D eigenvalue weighted by molar-refractivity contribution is 5.71. The standard InChI is InChI=1S/C75H140O6/c1-4-7-10-13-16-19-22-25-28-30-32-34-35-36-37-38-39-41-42-44-47-50-53-56-59-62-65-68-74(77)80-71-72(70-79-73(76)67-64-61-58-55-52-49-46-27-24-21-18-15-12-9-6-3)81-75(78)69-66-63-60-57-54-51-48-45-43-40-33-31-29-26-23-20-17-14-11-8-5-2/h22,25,30,32,35-36,72H,4-21,23-24,26-29,31,33-34,37-71H2,1-3H3/b25-22-,32-30-,36-35-. The van der Waals surface area contributed by atoms with E-state index in [4.69, 9.17) is 14.2 Å². The van der Waals surface area contributed by atoms with Crippen LogP contribution in [0.4, 0.5) is 0 Å². The molecule has 0 spiro atoms. The van der Waals surface area contributed by atoms with Crippen LogP contribution in [0, 0.1) is 0 Å². The molecule has 0 N–H and O–H groups in total. The second kappa shape index (κ2) is 70.1. The van der Waals surface area contributed by atoms with Gasteiger partial charge in [0.05, 0.1) is 0 Å². The van der Waals surface area contributed by atoms with Gasteiger partial charge in [-0.05, 0) is 57.8 Å². The van der Waals surface area contributed by atoms with Gasteiger partial charge in [0, 0.05) is 19.3 Å². The molecule has 81 heavy (non-hydrogen) atoms. The number of ether oxygens (including phenoxy) is 3. The Balaban J connectivity index is 4.25. The molecule has 0 saturated carbocycles. The molecular weight excluding hydrogens is 997 g/mol. The first-order valence-corrected chi connectivity index (χ1v) is 36.5. The van der Waals surface area contributed by atoms with E-state index >= 15 is 0 Å². The third kappa shape index (κ3) is 68.3. The third-order valence-electron chi connectivity index (χ3n) is 16.6. The first-order chi connectivity index (χ1) is 40.0. The number of hydrogen-bond acceptors (Lipinski definition) is 6. The number of carbonyl (C=O) groups is 3. The summed E-state index contributed by atoms with van der Waals surface area (Å²) >= 11 is 0. The van der Waals surface area contributed by atoms with Crippen molar-refractivity contribution in [2.45, 2.75) is 412 Å². The van der Waals surface area contributed by atoms with Crippen molar-refractivity contribution in [3.8, 4) is 0 Å². The lowest BCUT2D eigenvalue weighted by atomic mass is 10.0. The summed E-state index contributed by atoms with van der Waals surface area (Å²) in [7, 11) is 0. The lowest BCUT2D eigenvalue weighted by Crippen LogP contribution is -2.30. The predicted molar refractivity (Wildman–Crippen MR) is 353 cm³/mol. The van der Waals surface area contributed by atoms with E-state index in [-0.39, 0.29) is 31.1 Å². The molecule has 0 aliphatic rings. The van der Waals surface area contributed by atoms with E-state index in [0.29, 0.717) is 19.3 Å². The van der Waals surface area contributed by atoms with Crippen LogP contribution in [0.2, 0.25) is 0 Å². The van der Waals surface area contributed by atoms with E-state index in [1.807, 2.05) is 0 Å². The minimum atomic E-state index is -0.770. The Hall–Kier alpha value is -2.37. The van der Waals surface area contributed by atoms with Gasteiger partial charge < -0.3 is 14.2 Å². The molecule has 0 aliphatic carbocycles. The summed E-state index contributed by atoms with van der Waals surface area (Å²) in [5, 5.41) is 0. The van der Waals surface area contributed by atoms with Crippen LogP contribution in [0.5, 0.6) is 0 Å². The smallest absolute Gasteiger partial charge is 0.306 e. The summed E-state index contributed by atoms with van der Waals surface area (Å²) < 4.78 is 17.0. The Morgan fingerprint density at radius 2 is 0.444 bits per heavy atom. The van der Waals surface area contributed by atoms with Gasteiger partial charge in [-0.1, -0.05) is 365 Å². The molecule has 1 atom stereocenters. The second-order valence-electron chi connectivity index (χ2n) is 24.9. The maximum Gasteiger partial charge on any atom is 0.306 e. The van der Waals surface area contributed by atoms with Crippen molar-refractivity contribution in [3.63, 3.8) is 0 Å². The Morgan fingerprint density at radius 1 is 0.247 bits per heavy atom. The van der Waals surface area contributed by atoms with Crippen molar-refractivity contribution in [2.75, 3.05) is 13.2 Å². The van der Waals surface area contributed by atoms with Crippen LogP contribution in [-0.4, -0.2) is 37.2 Å². The number of rotatable bonds is 68. The van der Waals surface area contributed by atoms with Gasteiger partial charge in [0.1, 0.15) is 13.2 Å². The van der Waals surface area contributed by atoms with Crippen molar-refractivity contribution in [2.24, 2.45) is 0 Å². The lowest BCUT2D eigenvalue weighted by molar-refractivity contribution is -0.167. The zero-order chi connectivity index (χ0) is 58.5. The van der Waals surface area contributed by atoms with Gasteiger partial charge >= 0.3 is 17.9 Å². The SMILES string of the molecule is CCCCCCC/C=C\C/C=C\C/C=C\CCCCCCCCCCCCCCC(=O)OCC(COC(=O)CCCCCCCCCCCCCCCCC)OC(=O)CCCCCCCCCCCCCCCCCCCCCCC. The Bertz CT molecular complexity index is 1350. The molecule has 0 aliphatic heterocycles. The Labute approximate surface area is 506 Å². The quantitative estimate of drug-likeness (QED) is 0.0261. The summed E-state index contributed by atoms with van der Waals surface area (Å²) in [6.07, 6.45) is 87.4. The maximum atomic E-state index is 13.0. The summed E-state index contributed by atoms with van der Waals surface area (Å²) in [4.78, 5) is 38.5. The molecule has 0 rings (SSSR count). The summed E-state index contributed by atoms with van der Waals surface area (Å²) in [6, 6.07) is 0. The first-order valence-electron chi connectivity index (χ1n) is 36.5. The molecule has 0 aromatic heterocycles. The maximum absolute atomic E-state index is 13.0. The van der Waals surface area contributed by atoms with Gasteiger partial charge in [0.15, 0.2) is 6.10 Å². The molecular formula is C75H140O6. The zero-order valence-corrected chi connectivity index (χ0v) is 54.8. The van der Waals surface area contributed by atoms with Gasteiger partial charge in [-0.3, -0.25) is 14.4 Å². The lowest BCUT2D eigenvalue weighted by Gasteiger charge is -2.18. The summed E-state index contributed by atoms with van der Waals surface area (Å²) in [5.74, 6) is -0.834. The fourth-order valence-corrected chi connectivity index (χ4v) is 11.2. The normalized spacial score (nSPS) is 12.2. The van der Waals surface area contributed by atoms with Crippen LogP contribution in [0.1, 0.15) is 406 Å². The van der Waals surface area contributed by atoms with Gasteiger partial charge in [-0.25, -0.2) is 0 Å². The minimum Gasteiger partial charge on any atom is -0.462 e. The number of hydrogen-bond donors (Lipinski definition) is 0. The molecule has 0 aromatic rings. The fraction of sp³-hybridized carbons (Fsp3) is 0.880. The molecule has 6 heteroatoms. The molecule has 0 bridgehead atoms. The van der Waals surface area contributed by atoms with Gasteiger partial charge in [-0.2, -0.15) is 0 Å². The van der Waals surface area contributed by atoms with Crippen molar-refractivity contribution in [1.29, 1.82) is 0 Å². The zero-order valence-electron chi connectivity index (χ0n) is 54.8. The van der Waals surface area contributed by atoms with E-state index in [1.165, 1.54) is 295 Å². The largest absolute Gasteiger partial charge is 0.462 e. The molecule has 0 saturated heterocycles. The number of allylic oxidation sites excluding steroid dienone is 6. The van der Waals surface area contributed by atoms with Crippen molar-refractivity contribution >= 4 is 17.9 Å².